The Hall–Kier alpha value is -0.950. The van der Waals surface area contributed by atoms with Gasteiger partial charge >= 0.3 is 0 Å². The van der Waals surface area contributed by atoms with Gasteiger partial charge in [-0.05, 0) is 13.0 Å². The minimum Gasteiger partial charge on any atom is -0.379 e. The maximum atomic E-state index is 6.08. The molecule has 0 unspecified atom stereocenters. The van der Waals surface area contributed by atoms with Gasteiger partial charge in [0, 0.05) is 45.5 Å². The van der Waals surface area contributed by atoms with Crippen molar-refractivity contribution in [3.63, 3.8) is 0 Å². The molecule has 0 saturated carbocycles. The normalized spacial score (nSPS) is 16.6. The van der Waals surface area contributed by atoms with E-state index >= 15 is 0 Å². The summed E-state index contributed by atoms with van der Waals surface area (Å²) in [5.41, 5.74) is 0.977. The molecule has 1 aliphatic heterocycles. The van der Waals surface area contributed by atoms with Crippen molar-refractivity contribution in [2.75, 3.05) is 45.9 Å². The maximum Gasteiger partial charge on any atom is 0.191 e. The summed E-state index contributed by atoms with van der Waals surface area (Å²) in [6.45, 7) is 8.86. The maximum absolute atomic E-state index is 6.08. The molecule has 0 aromatic carbocycles. The fourth-order valence-electron chi connectivity index (χ4n) is 2.40. The molecule has 1 saturated heterocycles. The number of hydrogen-bond donors (Lipinski definition) is 2. The molecule has 1 aliphatic rings. The highest BCUT2D eigenvalue weighted by molar-refractivity contribution is 6.41. The lowest BCUT2D eigenvalue weighted by atomic mass is 10.4. The summed E-state index contributed by atoms with van der Waals surface area (Å²) < 4.78 is 7.21. The highest BCUT2D eigenvalue weighted by Gasteiger charge is 2.10. The van der Waals surface area contributed by atoms with Gasteiger partial charge in [-0.1, -0.05) is 23.2 Å². The average molecular weight is 362 g/mol. The number of aromatic nitrogens is 1. The zero-order valence-electron chi connectivity index (χ0n) is 13.7. The zero-order valence-corrected chi connectivity index (χ0v) is 15.3. The summed E-state index contributed by atoms with van der Waals surface area (Å²) in [6, 6.07) is 1.85. The van der Waals surface area contributed by atoms with Crippen molar-refractivity contribution in [2.24, 2.45) is 12.0 Å². The van der Waals surface area contributed by atoms with Gasteiger partial charge in [0.15, 0.2) is 5.96 Å². The molecular formula is C15H25Cl2N5O. The third kappa shape index (κ3) is 5.57. The second kappa shape index (κ2) is 9.37. The third-order valence-electron chi connectivity index (χ3n) is 3.78. The number of morpholine rings is 1. The summed E-state index contributed by atoms with van der Waals surface area (Å²) in [5.74, 6) is 0.800. The monoisotopic (exact) mass is 361 g/mol. The summed E-state index contributed by atoms with van der Waals surface area (Å²) in [5, 5.41) is 7.72. The molecule has 2 N–H and O–H groups in total. The van der Waals surface area contributed by atoms with Crippen molar-refractivity contribution >= 4 is 29.2 Å². The lowest BCUT2D eigenvalue weighted by Gasteiger charge is -2.26. The molecule has 1 fully saturated rings. The van der Waals surface area contributed by atoms with E-state index in [1.165, 1.54) is 0 Å². The quantitative estimate of drug-likeness (QED) is 0.598. The summed E-state index contributed by atoms with van der Waals surface area (Å²) >= 11 is 12.1. The Morgan fingerprint density at radius 2 is 2.04 bits per heavy atom. The SMILES string of the molecule is CCNC(=NCc1cc(Cl)c(Cl)n1C)NCCN1CCOCC1. The summed E-state index contributed by atoms with van der Waals surface area (Å²) in [6.07, 6.45) is 0. The van der Waals surface area contributed by atoms with Gasteiger partial charge in [-0.15, -0.1) is 0 Å². The summed E-state index contributed by atoms with van der Waals surface area (Å²) in [4.78, 5) is 6.98. The Bertz CT molecular complexity index is 526. The van der Waals surface area contributed by atoms with E-state index in [2.05, 4.69) is 27.4 Å². The number of hydrogen-bond acceptors (Lipinski definition) is 3. The number of nitrogens with zero attached hydrogens (tertiary/aromatic N) is 3. The highest BCUT2D eigenvalue weighted by atomic mass is 35.5. The van der Waals surface area contributed by atoms with Gasteiger partial charge in [0.05, 0.1) is 24.8 Å². The molecule has 0 spiro atoms. The van der Waals surface area contributed by atoms with Gasteiger partial charge in [-0.3, -0.25) is 4.90 Å². The zero-order chi connectivity index (χ0) is 16.7. The molecule has 8 heteroatoms. The minimum absolute atomic E-state index is 0.524. The van der Waals surface area contributed by atoms with Crippen LogP contribution in [0.1, 0.15) is 12.6 Å². The van der Waals surface area contributed by atoms with E-state index in [-0.39, 0.29) is 0 Å². The van der Waals surface area contributed by atoms with Crippen LogP contribution in [0.4, 0.5) is 0 Å². The van der Waals surface area contributed by atoms with Gasteiger partial charge in [0.2, 0.25) is 0 Å². The highest BCUT2D eigenvalue weighted by Crippen LogP contribution is 2.25. The molecule has 0 amide bonds. The van der Waals surface area contributed by atoms with Gasteiger partial charge in [0.25, 0.3) is 0 Å². The number of ether oxygens (including phenoxy) is 1. The van der Waals surface area contributed by atoms with E-state index in [1.807, 2.05) is 17.7 Å². The van der Waals surface area contributed by atoms with Crippen molar-refractivity contribution in [3.8, 4) is 0 Å². The molecule has 130 valence electrons. The molecule has 23 heavy (non-hydrogen) atoms. The second-order valence-corrected chi connectivity index (χ2v) is 6.17. The van der Waals surface area contributed by atoms with Gasteiger partial charge in [-0.25, -0.2) is 4.99 Å². The lowest BCUT2D eigenvalue weighted by Crippen LogP contribution is -2.44. The van der Waals surface area contributed by atoms with Crippen LogP contribution in [0.25, 0.3) is 0 Å². The van der Waals surface area contributed by atoms with Crippen LogP contribution in [0.2, 0.25) is 10.2 Å². The van der Waals surface area contributed by atoms with E-state index in [9.17, 15) is 0 Å². The Labute approximate surface area is 147 Å². The van der Waals surface area contributed by atoms with Crippen LogP contribution in [-0.2, 0) is 18.3 Å². The Kier molecular flexibility index (Phi) is 7.49. The minimum atomic E-state index is 0.524. The van der Waals surface area contributed by atoms with Crippen molar-refractivity contribution < 1.29 is 4.74 Å². The van der Waals surface area contributed by atoms with E-state index < -0.39 is 0 Å². The molecular weight excluding hydrogens is 337 g/mol. The van der Waals surface area contributed by atoms with E-state index in [4.69, 9.17) is 27.9 Å². The Morgan fingerprint density at radius 1 is 1.30 bits per heavy atom. The van der Waals surface area contributed by atoms with Crippen molar-refractivity contribution in [3.05, 3.63) is 21.9 Å². The van der Waals surface area contributed by atoms with Crippen LogP contribution < -0.4 is 10.6 Å². The molecule has 2 heterocycles. The van der Waals surface area contributed by atoms with Crippen LogP contribution in [0, 0.1) is 0 Å². The van der Waals surface area contributed by atoms with E-state index in [1.54, 1.807) is 0 Å². The van der Waals surface area contributed by atoms with Crippen LogP contribution >= 0.6 is 23.2 Å². The Morgan fingerprint density at radius 3 is 2.65 bits per heavy atom. The molecule has 0 bridgehead atoms. The van der Waals surface area contributed by atoms with Crippen LogP contribution in [-0.4, -0.2) is 61.4 Å². The standard InChI is InChI=1S/C15H25Cl2N5O/c1-3-18-15(19-4-5-22-6-8-23-9-7-22)20-11-12-10-13(16)14(17)21(12)2/h10H,3-9,11H2,1-2H3,(H2,18,19,20). The van der Waals surface area contributed by atoms with Gasteiger partial charge in [0.1, 0.15) is 5.15 Å². The topological polar surface area (TPSA) is 53.8 Å². The number of nitrogens with one attached hydrogen (secondary N) is 2. The Balaban J connectivity index is 1.85. The fraction of sp³-hybridized carbons (Fsp3) is 0.667. The molecule has 0 aliphatic carbocycles. The average Bonchev–Trinajstić information content (AvgIpc) is 2.81. The number of guanidine groups is 1. The first-order chi connectivity index (χ1) is 11.1. The first kappa shape index (κ1) is 18.4. The largest absolute Gasteiger partial charge is 0.379 e. The molecule has 2 rings (SSSR count). The first-order valence-electron chi connectivity index (χ1n) is 7.93. The molecule has 1 aromatic rings. The van der Waals surface area contributed by atoms with Crippen LogP contribution in [0.5, 0.6) is 0 Å². The number of rotatable bonds is 6. The van der Waals surface area contributed by atoms with Crippen LogP contribution in [0.3, 0.4) is 0 Å². The predicted molar refractivity (Wildman–Crippen MR) is 95.5 cm³/mol. The van der Waals surface area contributed by atoms with Crippen molar-refractivity contribution in [1.82, 2.24) is 20.1 Å². The van der Waals surface area contributed by atoms with Gasteiger partial charge in [-0.2, -0.15) is 0 Å². The molecule has 0 atom stereocenters. The predicted octanol–water partition coefficient (Wildman–Crippen LogP) is 1.72. The van der Waals surface area contributed by atoms with E-state index in [0.717, 1.165) is 57.6 Å². The van der Waals surface area contributed by atoms with E-state index in [0.29, 0.717) is 16.7 Å². The third-order valence-corrected chi connectivity index (χ3v) is 4.63. The first-order valence-corrected chi connectivity index (χ1v) is 8.69. The summed E-state index contributed by atoms with van der Waals surface area (Å²) in [7, 11) is 1.89. The molecule has 1 aromatic heterocycles. The number of aliphatic imine (C=N–C) groups is 1. The van der Waals surface area contributed by atoms with Gasteiger partial charge < -0.3 is 19.9 Å². The smallest absolute Gasteiger partial charge is 0.191 e. The molecule has 6 nitrogen and oxygen atoms in total. The lowest BCUT2D eigenvalue weighted by molar-refractivity contribution is 0.0389. The van der Waals surface area contributed by atoms with Crippen molar-refractivity contribution in [2.45, 2.75) is 13.5 Å². The number of halogens is 2. The second-order valence-electron chi connectivity index (χ2n) is 5.41. The van der Waals surface area contributed by atoms with Crippen LogP contribution in [0.15, 0.2) is 11.1 Å². The molecule has 0 radical (unpaired) electrons. The van der Waals surface area contributed by atoms with Crippen molar-refractivity contribution in [1.29, 1.82) is 0 Å². The fourth-order valence-corrected chi connectivity index (χ4v) is 2.82.